The fraction of sp³-hybridized carbons (Fsp3) is 0.364. The molecule has 0 aliphatic carbocycles. The molecule has 5 heteroatoms. The van der Waals surface area contributed by atoms with E-state index >= 15 is 0 Å². The van der Waals surface area contributed by atoms with Crippen molar-refractivity contribution in [1.82, 2.24) is 4.90 Å². The average molecular weight is 366 g/mol. The van der Waals surface area contributed by atoms with Gasteiger partial charge in [-0.05, 0) is 49.1 Å². The van der Waals surface area contributed by atoms with Crippen LogP contribution < -0.4 is 10.1 Å². The van der Waals surface area contributed by atoms with E-state index in [2.05, 4.69) is 12.2 Å². The quantitative estimate of drug-likeness (QED) is 0.877. The van der Waals surface area contributed by atoms with E-state index in [4.69, 9.17) is 4.74 Å². The monoisotopic (exact) mass is 366 g/mol. The predicted molar refractivity (Wildman–Crippen MR) is 106 cm³/mol. The van der Waals surface area contributed by atoms with Crippen molar-refractivity contribution in [3.05, 3.63) is 59.7 Å². The number of nitrogens with zero attached hydrogens (tertiary/aromatic N) is 1. The second-order valence-electron chi connectivity index (χ2n) is 6.80. The van der Waals surface area contributed by atoms with Gasteiger partial charge in [-0.15, -0.1) is 0 Å². The zero-order valence-corrected chi connectivity index (χ0v) is 15.9. The summed E-state index contributed by atoms with van der Waals surface area (Å²) in [6.45, 7) is 3.25. The maximum Gasteiger partial charge on any atom is 0.253 e. The number of likely N-dealkylation sites (tertiary alicyclic amines) is 1. The highest BCUT2D eigenvalue weighted by Crippen LogP contribution is 2.23. The molecule has 3 rings (SSSR count). The number of hydrogen-bond acceptors (Lipinski definition) is 3. The van der Waals surface area contributed by atoms with Crippen LogP contribution in [-0.4, -0.2) is 36.9 Å². The second kappa shape index (κ2) is 8.71. The topological polar surface area (TPSA) is 58.6 Å². The van der Waals surface area contributed by atoms with Gasteiger partial charge in [0.25, 0.3) is 5.91 Å². The molecule has 0 spiro atoms. The van der Waals surface area contributed by atoms with Crippen molar-refractivity contribution in [2.24, 2.45) is 5.92 Å². The smallest absolute Gasteiger partial charge is 0.253 e. The van der Waals surface area contributed by atoms with E-state index in [0.717, 1.165) is 17.7 Å². The summed E-state index contributed by atoms with van der Waals surface area (Å²) in [4.78, 5) is 27.1. The number of hydrogen-bond donors (Lipinski definition) is 1. The van der Waals surface area contributed by atoms with Crippen LogP contribution >= 0.6 is 0 Å². The van der Waals surface area contributed by atoms with Crippen LogP contribution in [0.2, 0.25) is 0 Å². The Labute approximate surface area is 160 Å². The van der Waals surface area contributed by atoms with Gasteiger partial charge in [0.2, 0.25) is 5.91 Å². The molecule has 1 fully saturated rings. The largest absolute Gasteiger partial charge is 0.497 e. The van der Waals surface area contributed by atoms with Crippen molar-refractivity contribution in [3.8, 4) is 5.75 Å². The summed E-state index contributed by atoms with van der Waals surface area (Å²) < 4.78 is 5.19. The first-order chi connectivity index (χ1) is 13.1. The first-order valence-corrected chi connectivity index (χ1v) is 9.44. The van der Waals surface area contributed by atoms with Crippen molar-refractivity contribution in [3.63, 3.8) is 0 Å². The number of ether oxygens (including phenoxy) is 1. The summed E-state index contributed by atoms with van der Waals surface area (Å²) in [5, 5.41) is 3.06. The van der Waals surface area contributed by atoms with Crippen molar-refractivity contribution in [2.45, 2.75) is 26.2 Å². The zero-order valence-electron chi connectivity index (χ0n) is 15.9. The Kier molecular flexibility index (Phi) is 6.12. The van der Waals surface area contributed by atoms with Gasteiger partial charge in [-0.2, -0.15) is 0 Å². The lowest BCUT2D eigenvalue weighted by Crippen LogP contribution is -2.41. The Morgan fingerprint density at radius 3 is 2.56 bits per heavy atom. The molecule has 1 saturated heterocycles. The standard InChI is InChI=1S/C22H26N2O3/c1-3-16-7-4-5-10-20(16)23-21(25)17-11-13-24(14-12-17)22(26)18-8-6-9-19(15-18)27-2/h4-10,15,17H,3,11-14H2,1-2H3,(H,23,25). The molecule has 1 aliphatic heterocycles. The van der Waals surface area contributed by atoms with Crippen LogP contribution in [0.4, 0.5) is 5.69 Å². The summed E-state index contributed by atoms with van der Waals surface area (Å²) >= 11 is 0. The van der Waals surface area contributed by atoms with E-state index in [1.807, 2.05) is 41.3 Å². The third-order valence-corrected chi connectivity index (χ3v) is 5.13. The molecule has 2 amide bonds. The molecule has 5 nitrogen and oxygen atoms in total. The van der Waals surface area contributed by atoms with Crippen molar-refractivity contribution in [1.29, 1.82) is 0 Å². The minimum atomic E-state index is -0.0655. The number of aryl methyl sites for hydroxylation is 1. The summed E-state index contributed by atoms with van der Waals surface area (Å²) in [6.07, 6.45) is 2.23. The molecule has 1 heterocycles. The van der Waals surface area contributed by atoms with E-state index in [9.17, 15) is 9.59 Å². The highest BCUT2D eigenvalue weighted by Gasteiger charge is 2.28. The molecule has 27 heavy (non-hydrogen) atoms. The van der Waals surface area contributed by atoms with E-state index in [1.165, 1.54) is 0 Å². The highest BCUT2D eigenvalue weighted by molar-refractivity contribution is 5.96. The molecule has 0 radical (unpaired) electrons. The molecular weight excluding hydrogens is 340 g/mol. The molecule has 2 aromatic rings. The molecule has 1 aliphatic rings. The molecule has 0 bridgehead atoms. The molecule has 142 valence electrons. The lowest BCUT2D eigenvalue weighted by Gasteiger charge is -2.31. The third kappa shape index (κ3) is 4.48. The third-order valence-electron chi connectivity index (χ3n) is 5.13. The number of rotatable bonds is 5. The number of anilines is 1. The maximum absolute atomic E-state index is 12.7. The van der Waals surface area contributed by atoms with Gasteiger partial charge in [-0.25, -0.2) is 0 Å². The van der Waals surface area contributed by atoms with Gasteiger partial charge in [0, 0.05) is 30.3 Å². The minimum Gasteiger partial charge on any atom is -0.497 e. The number of methoxy groups -OCH3 is 1. The van der Waals surface area contributed by atoms with Crippen LogP contribution in [0.5, 0.6) is 5.75 Å². The first-order valence-electron chi connectivity index (χ1n) is 9.44. The van der Waals surface area contributed by atoms with Crippen LogP contribution in [0, 0.1) is 5.92 Å². The number of para-hydroxylation sites is 1. The van der Waals surface area contributed by atoms with Gasteiger partial charge in [-0.3, -0.25) is 9.59 Å². The molecule has 2 aromatic carbocycles. The van der Waals surface area contributed by atoms with Gasteiger partial charge in [0.1, 0.15) is 5.75 Å². The normalized spacial score (nSPS) is 14.7. The zero-order chi connectivity index (χ0) is 19.2. The van der Waals surface area contributed by atoms with Gasteiger partial charge in [0.15, 0.2) is 0 Å². The minimum absolute atomic E-state index is 0.0101. The molecule has 0 unspecified atom stereocenters. The number of carbonyl (C=O) groups excluding carboxylic acids is 2. The Hall–Kier alpha value is -2.82. The molecule has 1 N–H and O–H groups in total. The molecular formula is C22H26N2O3. The SMILES string of the molecule is CCc1ccccc1NC(=O)C1CCN(C(=O)c2cccc(OC)c2)CC1. The number of carbonyl (C=O) groups is 2. The van der Waals surface area contributed by atoms with Gasteiger partial charge < -0.3 is 15.0 Å². The van der Waals surface area contributed by atoms with Gasteiger partial charge >= 0.3 is 0 Å². The number of amides is 2. The number of benzene rings is 2. The second-order valence-corrected chi connectivity index (χ2v) is 6.80. The lowest BCUT2D eigenvalue weighted by molar-refractivity contribution is -0.121. The lowest BCUT2D eigenvalue weighted by atomic mass is 9.95. The van der Waals surface area contributed by atoms with Crippen molar-refractivity contribution in [2.75, 3.05) is 25.5 Å². The fourth-order valence-electron chi connectivity index (χ4n) is 3.47. The maximum atomic E-state index is 12.7. The van der Waals surface area contributed by atoms with E-state index in [0.29, 0.717) is 37.2 Å². The van der Waals surface area contributed by atoms with Crippen LogP contribution in [0.3, 0.4) is 0 Å². The van der Waals surface area contributed by atoms with Crippen molar-refractivity contribution >= 4 is 17.5 Å². The molecule has 0 atom stereocenters. The highest BCUT2D eigenvalue weighted by atomic mass is 16.5. The summed E-state index contributed by atoms with van der Waals surface area (Å²) in [5.41, 5.74) is 2.64. The van der Waals surface area contributed by atoms with Gasteiger partial charge in [0.05, 0.1) is 7.11 Å². The number of piperidine rings is 1. The van der Waals surface area contributed by atoms with Crippen molar-refractivity contribution < 1.29 is 14.3 Å². The summed E-state index contributed by atoms with van der Waals surface area (Å²) in [7, 11) is 1.59. The van der Waals surface area contributed by atoms with E-state index in [-0.39, 0.29) is 17.7 Å². The Bertz CT molecular complexity index is 811. The van der Waals surface area contributed by atoms with E-state index in [1.54, 1.807) is 19.2 Å². The van der Waals surface area contributed by atoms with Crippen LogP contribution in [0.1, 0.15) is 35.7 Å². The Morgan fingerprint density at radius 1 is 1.11 bits per heavy atom. The number of nitrogens with one attached hydrogen (secondary N) is 1. The Morgan fingerprint density at radius 2 is 1.85 bits per heavy atom. The van der Waals surface area contributed by atoms with Crippen LogP contribution in [-0.2, 0) is 11.2 Å². The summed E-state index contributed by atoms with van der Waals surface area (Å²) in [5.74, 6) is 0.641. The fourth-order valence-corrected chi connectivity index (χ4v) is 3.47. The average Bonchev–Trinajstić information content (AvgIpc) is 2.73. The van der Waals surface area contributed by atoms with Gasteiger partial charge in [-0.1, -0.05) is 31.2 Å². The first kappa shape index (κ1) is 19.0. The van der Waals surface area contributed by atoms with Crippen LogP contribution in [0.25, 0.3) is 0 Å². The summed E-state index contributed by atoms with van der Waals surface area (Å²) in [6, 6.07) is 15.1. The van der Waals surface area contributed by atoms with Crippen LogP contribution in [0.15, 0.2) is 48.5 Å². The van der Waals surface area contributed by atoms with E-state index < -0.39 is 0 Å². The molecule has 0 aromatic heterocycles. The predicted octanol–water partition coefficient (Wildman–Crippen LogP) is 3.75. The molecule has 0 saturated carbocycles. The Balaban J connectivity index is 1.58.